The average Bonchev–Trinajstić information content (AvgIpc) is 3.23. The van der Waals surface area contributed by atoms with Crippen molar-refractivity contribution in [1.82, 2.24) is 14.9 Å². The largest absolute Gasteiger partial charge is 0.331 e. The molecule has 5 nitrogen and oxygen atoms in total. The molecule has 23 heavy (non-hydrogen) atoms. The maximum atomic E-state index is 12.9. The van der Waals surface area contributed by atoms with E-state index in [0.717, 1.165) is 48.9 Å². The number of nitrogens with zero attached hydrogens (tertiary/aromatic N) is 2. The maximum Gasteiger partial charge on any atom is 0.261 e. The molecule has 2 aliphatic rings. The van der Waals surface area contributed by atoms with Gasteiger partial charge in [-0.25, -0.2) is 0 Å². The van der Waals surface area contributed by atoms with Crippen molar-refractivity contribution in [3.63, 3.8) is 0 Å². The lowest BCUT2D eigenvalue weighted by Gasteiger charge is -2.25. The molecule has 1 atom stereocenters. The van der Waals surface area contributed by atoms with Gasteiger partial charge in [-0.05, 0) is 61.4 Å². The molecule has 2 aromatic rings. The molecule has 0 aromatic carbocycles. The molecule has 1 unspecified atom stereocenters. The Labute approximate surface area is 134 Å². The highest BCUT2D eigenvalue weighted by molar-refractivity contribution is 5.94. The Hall–Kier alpha value is -2.43. The number of pyridine rings is 2. The van der Waals surface area contributed by atoms with Crippen LogP contribution in [0.3, 0.4) is 0 Å². The molecule has 118 valence electrons. The normalized spacial score (nSPS) is 19.8. The summed E-state index contributed by atoms with van der Waals surface area (Å²) in [6, 6.07) is 5.75. The molecule has 0 bridgehead atoms. The van der Waals surface area contributed by atoms with Gasteiger partial charge >= 0.3 is 0 Å². The molecule has 1 fully saturated rings. The number of rotatable bonds is 2. The van der Waals surface area contributed by atoms with Crippen molar-refractivity contribution >= 4 is 5.91 Å². The van der Waals surface area contributed by atoms with E-state index < -0.39 is 0 Å². The molecule has 1 saturated heterocycles. The van der Waals surface area contributed by atoms with Crippen LogP contribution in [0.5, 0.6) is 0 Å². The Bertz CT molecular complexity index is 798. The predicted molar refractivity (Wildman–Crippen MR) is 86.3 cm³/mol. The van der Waals surface area contributed by atoms with Crippen LogP contribution >= 0.6 is 0 Å². The number of hydrogen-bond acceptors (Lipinski definition) is 3. The number of nitrogens with one attached hydrogen (secondary N) is 1. The van der Waals surface area contributed by atoms with E-state index >= 15 is 0 Å². The molecular weight excluding hydrogens is 290 g/mol. The fourth-order valence-corrected chi connectivity index (χ4v) is 3.77. The monoisotopic (exact) mass is 309 g/mol. The summed E-state index contributed by atoms with van der Waals surface area (Å²) in [5.41, 5.74) is 3.23. The van der Waals surface area contributed by atoms with Crippen LogP contribution in [0.4, 0.5) is 0 Å². The number of H-pyrrole nitrogens is 1. The van der Waals surface area contributed by atoms with Crippen molar-refractivity contribution in [2.75, 3.05) is 6.54 Å². The molecule has 1 aliphatic heterocycles. The summed E-state index contributed by atoms with van der Waals surface area (Å²) in [5, 5.41) is 0. The van der Waals surface area contributed by atoms with E-state index in [1.165, 1.54) is 0 Å². The second kappa shape index (κ2) is 5.65. The van der Waals surface area contributed by atoms with Gasteiger partial charge in [-0.2, -0.15) is 0 Å². The lowest BCUT2D eigenvalue weighted by Crippen LogP contribution is -2.34. The second-order valence-electron chi connectivity index (χ2n) is 6.31. The molecule has 2 aromatic heterocycles. The van der Waals surface area contributed by atoms with Crippen LogP contribution in [0.15, 0.2) is 35.4 Å². The first-order chi connectivity index (χ1) is 11.2. The number of aromatic nitrogens is 2. The third-order valence-electron chi connectivity index (χ3n) is 4.92. The van der Waals surface area contributed by atoms with Crippen molar-refractivity contribution in [1.29, 1.82) is 0 Å². The fourth-order valence-electron chi connectivity index (χ4n) is 3.77. The molecule has 3 heterocycles. The van der Waals surface area contributed by atoms with E-state index in [1.54, 1.807) is 12.4 Å². The van der Waals surface area contributed by atoms with Crippen molar-refractivity contribution in [2.24, 2.45) is 0 Å². The SMILES string of the molecule is O=C(c1cc2c([nH]c1=O)CCC2)N1CCCC1c1ccncc1. The summed E-state index contributed by atoms with van der Waals surface area (Å²) < 4.78 is 0. The zero-order valence-corrected chi connectivity index (χ0v) is 12.9. The number of hydrogen-bond donors (Lipinski definition) is 1. The minimum atomic E-state index is -0.254. The average molecular weight is 309 g/mol. The molecule has 0 saturated carbocycles. The summed E-state index contributed by atoms with van der Waals surface area (Å²) in [7, 11) is 0. The van der Waals surface area contributed by atoms with Gasteiger partial charge in [0.25, 0.3) is 11.5 Å². The van der Waals surface area contributed by atoms with Crippen LogP contribution in [-0.2, 0) is 12.8 Å². The van der Waals surface area contributed by atoms with Gasteiger partial charge < -0.3 is 9.88 Å². The Morgan fingerprint density at radius 1 is 1.22 bits per heavy atom. The molecule has 1 N–H and O–H groups in total. The molecule has 5 heteroatoms. The number of carbonyl (C=O) groups excluding carboxylic acids is 1. The van der Waals surface area contributed by atoms with Gasteiger partial charge in [-0.3, -0.25) is 14.6 Å². The van der Waals surface area contributed by atoms with E-state index in [0.29, 0.717) is 6.54 Å². The van der Waals surface area contributed by atoms with Gasteiger partial charge in [0.1, 0.15) is 5.56 Å². The molecule has 4 rings (SSSR count). The van der Waals surface area contributed by atoms with Crippen molar-refractivity contribution in [3.8, 4) is 0 Å². The summed E-state index contributed by atoms with van der Waals surface area (Å²) in [6.45, 7) is 0.697. The lowest BCUT2D eigenvalue weighted by molar-refractivity contribution is 0.0733. The van der Waals surface area contributed by atoms with Gasteiger partial charge in [0.15, 0.2) is 0 Å². The standard InChI is InChI=1S/C18H19N3O2/c22-17-14(11-13-3-1-4-15(13)20-17)18(23)21-10-2-5-16(21)12-6-8-19-9-7-12/h6-9,11,16H,1-5,10H2,(H,20,22). The highest BCUT2D eigenvalue weighted by Crippen LogP contribution is 2.32. The minimum absolute atomic E-state index is 0.0400. The third kappa shape index (κ3) is 2.46. The van der Waals surface area contributed by atoms with Crippen LogP contribution < -0.4 is 5.56 Å². The molecule has 1 aliphatic carbocycles. The zero-order valence-electron chi connectivity index (χ0n) is 12.9. The Morgan fingerprint density at radius 2 is 2.04 bits per heavy atom. The van der Waals surface area contributed by atoms with Gasteiger partial charge in [0.2, 0.25) is 0 Å². The van der Waals surface area contributed by atoms with Crippen LogP contribution in [0.2, 0.25) is 0 Å². The van der Waals surface area contributed by atoms with Gasteiger partial charge in [0.05, 0.1) is 6.04 Å². The Balaban J connectivity index is 1.68. The van der Waals surface area contributed by atoms with Crippen LogP contribution in [0, 0.1) is 0 Å². The van der Waals surface area contributed by atoms with Crippen LogP contribution in [0.25, 0.3) is 0 Å². The third-order valence-corrected chi connectivity index (χ3v) is 4.92. The topological polar surface area (TPSA) is 66.1 Å². The first-order valence-electron chi connectivity index (χ1n) is 8.20. The van der Waals surface area contributed by atoms with Gasteiger partial charge in [-0.15, -0.1) is 0 Å². The van der Waals surface area contributed by atoms with E-state index in [2.05, 4.69) is 9.97 Å². The number of amides is 1. The smallest absolute Gasteiger partial charge is 0.261 e. The maximum absolute atomic E-state index is 12.9. The molecule has 0 spiro atoms. The van der Waals surface area contributed by atoms with E-state index in [1.807, 2.05) is 23.1 Å². The second-order valence-corrected chi connectivity index (χ2v) is 6.31. The first kappa shape index (κ1) is 14.2. The minimum Gasteiger partial charge on any atom is -0.331 e. The van der Waals surface area contributed by atoms with Crippen molar-refractivity contribution in [2.45, 2.75) is 38.1 Å². The highest BCUT2D eigenvalue weighted by atomic mass is 16.2. The number of aromatic amines is 1. The fraction of sp³-hybridized carbons (Fsp3) is 0.389. The zero-order chi connectivity index (χ0) is 15.8. The van der Waals surface area contributed by atoms with E-state index in [9.17, 15) is 9.59 Å². The summed E-state index contributed by atoms with van der Waals surface area (Å²) in [5.74, 6) is -0.153. The number of aryl methyl sites for hydroxylation is 2. The van der Waals surface area contributed by atoms with E-state index in [-0.39, 0.29) is 23.1 Å². The lowest BCUT2D eigenvalue weighted by atomic mass is 10.1. The Kier molecular flexibility index (Phi) is 3.48. The Morgan fingerprint density at radius 3 is 2.87 bits per heavy atom. The van der Waals surface area contributed by atoms with Crippen LogP contribution in [0.1, 0.15) is 52.5 Å². The predicted octanol–water partition coefficient (Wildman–Crippen LogP) is 2.24. The van der Waals surface area contributed by atoms with Gasteiger partial charge in [0, 0.05) is 24.6 Å². The molecule has 0 radical (unpaired) electrons. The number of fused-ring (bicyclic) bond motifs is 1. The van der Waals surface area contributed by atoms with Crippen molar-refractivity contribution in [3.05, 3.63) is 63.3 Å². The van der Waals surface area contributed by atoms with Crippen molar-refractivity contribution < 1.29 is 4.79 Å². The quantitative estimate of drug-likeness (QED) is 0.925. The summed E-state index contributed by atoms with van der Waals surface area (Å²) in [6.07, 6.45) is 8.28. The number of likely N-dealkylation sites (tertiary alicyclic amines) is 1. The summed E-state index contributed by atoms with van der Waals surface area (Å²) in [4.78, 5) is 34.0. The highest BCUT2D eigenvalue weighted by Gasteiger charge is 2.32. The first-order valence-corrected chi connectivity index (χ1v) is 8.20. The van der Waals surface area contributed by atoms with E-state index in [4.69, 9.17) is 0 Å². The van der Waals surface area contributed by atoms with Gasteiger partial charge in [-0.1, -0.05) is 0 Å². The molecule has 1 amide bonds. The summed E-state index contributed by atoms with van der Waals surface area (Å²) >= 11 is 0. The molecular formula is C18H19N3O2. The number of carbonyl (C=O) groups is 1. The van der Waals surface area contributed by atoms with Crippen LogP contribution in [-0.4, -0.2) is 27.3 Å².